The van der Waals surface area contributed by atoms with Crippen molar-refractivity contribution in [2.24, 2.45) is 11.7 Å². The third kappa shape index (κ3) is 5.86. The standard InChI is InChI=1S/C17H26N2O2/c18-12-15-7-3-8-16(11-15)19-17(20)9-4-10-21-13-14-5-1-2-6-14/h3,7-8,11,14H,1-2,4-6,9-10,12-13,18H2,(H,19,20). The van der Waals surface area contributed by atoms with Gasteiger partial charge in [-0.1, -0.05) is 25.0 Å². The van der Waals surface area contributed by atoms with Crippen LogP contribution in [0.15, 0.2) is 24.3 Å². The maximum Gasteiger partial charge on any atom is 0.224 e. The van der Waals surface area contributed by atoms with Crippen molar-refractivity contribution < 1.29 is 9.53 Å². The van der Waals surface area contributed by atoms with E-state index in [0.29, 0.717) is 19.6 Å². The van der Waals surface area contributed by atoms with Gasteiger partial charge in [-0.05, 0) is 42.9 Å². The third-order valence-corrected chi connectivity index (χ3v) is 3.97. The van der Waals surface area contributed by atoms with E-state index in [0.717, 1.165) is 30.2 Å². The maximum atomic E-state index is 11.8. The van der Waals surface area contributed by atoms with Gasteiger partial charge in [0, 0.05) is 31.9 Å². The minimum absolute atomic E-state index is 0.0358. The minimum Gasteiger partial charge on any atom is -0.381 e. The van der Waals surface area contributed by atoms with Crippen LogP contribution in [0.5, 0.6) is 0 Å². The zero-order valence-electron chi connectivity index (χ0n) is 12.6. The van der Waals surface area contributed by atoms with Crippen LogP contribution in [-0.4, -0.2) is 19.1 Å². The van der Waals surface area contributed by atoms with E-state index in [-0.39, 0.29) is 5.91 Å². The fourth-order valence-corrected chi connectivity index (χ4v) is 2.76. The summed E-state index contributed by atoms with van der Waals surface area (Å²) in [4.78, 5) is 11.8. The first kappa shape index (κ1) is 16.0. The van der Waals surface area contributed by atoms with Crippen LogP contribution in [0, 0.1) is 5.92 Å². The van der Waals surface area contributed by atoms with Crippen molar-refractivity contribution in [3.05, 3.63) is 29.8 Å². The maximum absolute atomic E-state index is 11.8. The van der Waals surface area contributed by atoms with Gasteiger partial charge in [0.1, 0.15) is 0 Å². The molecular formula is C17H26N2O2. The summed E-state index contributed by atoms with van der Waals surface area (Å²) in [5, 5.41) is 2.90. The molecule has 116 valence electrons. The Morgan fingerprint density at radius 2 is 2.14 bits per heavy atom. The number of amides is 1. The van der Waals surface area contributed by atoms with Gasteiger partial charge in [-0.2, -0.15) is 0 Å². The largest absolute Gasteiger partial charge is 0.381 e. The molecule has 3 N–H and O–H groups in total. The molecule has 0 aliphatic heterocycles. The van der Waals surface area contributed by atoms with Crippen LogP contribution < -0.4 is 11.1 Å². The van der Waals surface area contributed by atoms with Crippen LogP contribution in [0.1, 0.15) is 44.1 Å². The van der Waals surface area contributed by atoms with Crippen molar-refractivity contribution in [3.8, 4) is 0 Å². The van der Waals surface area contributed by atoms with Gasteiger partial charge in [0.05, 0.1) is 0 Å². The second-order valence-electron chi connectivity index (χ2n) is 5.78. The lowest BCUT2D eigenvalue weighted by Crippen LogP contribution is -2.13. The lowest BCUT2D eigenvalue weighted by molar-refractivity contribution is -0.116. The fraction of sp³-hybridized carbons (Fsp3) is 0.588. The highest BCUT2D eigenvalue weighted by molar-refractivity contribution is 5.90. The summed E-state index contributed by atoms with van der Waals surface area (Å²) in [6.45, 7) is 2.02. The molecule has 1 aliphatic carbocycles. The van der Waals surface area contributed by atoms with Crippen molar-refractivity contribution in [1.29, 1.82) is 0 Å². The number of ether oxygens (including phenoxy) is 1. The lowest BCUT2D eigenvalue weighted by Gasteiger charge is -2.10. The Kier molecular flexibility index (Phi) is 6.70. The summed E-state index contributed by atoms with van der Waals surface area (Å²) in [5.74, 6) is 0.784. The first-order valence-electron chi connectivity index (χ1n) is 7.94. The van der Waals surface area contributed by atoms with Gasteiger partial charge in [0.2, 0.25) is 5.91 Å². The summed E-state index contributed by atoms with van der Waals surface area (Å²) in [7, 11) is 0. The molecule has 2 rings (SSSR count). The normalized spacial score (nSPS) is 15.3. The highest BCUT2D eigenvalue weighted by Crippen LogP contribution is 2.24. The van der Waals surface area contributed by atoms with Gasteiger partial charge in [-0.3, -0.25) is 4.79 Å². The Bertz CT molecular complexity index is 442. The molecule has 0 aromatic heterocycles. The van der Waals surface area contributed by atoms with Gasteiger partial charge >= 0.3 is 0 Å². The van der Waals surface area contributed by atoms with E-state index in [1.165, 1.54) is 25.7 Å². The van der Waals surface area contributed by atoms with Gasteiger partial charge in [-0.15, -0.1) is 0 Å². The van der Waals surface area contributed by atoms with Gasteiger partial charge in [-0.25, -0.2) is 0 Å². The molecular weight excluding hydrogens is 264 g/mol. The number of hydrogen-bond donors (Lipinski definition) is 2. The molecule has 1 fully saturated rings. The zero-order valence-corrected chi connectivity index (χ0v) is 12.6. The highest BCUT2D eigenvalue weighted by atomic mass is 16.5. The number of nitrogens with one attached hydrogen (secondary N) is 1. The van der Waals surface area contributed by atoms with E-state index in [1.807, 2.05) is 24.3 Å². The second kappa shape index (κ2) is 8.80. The van der Waals surface area contributed by atoms with Crippen molar-refractivity contribution in [2.75, 3.05) is 18.5 Å². The van der Waals surface area contributed by atoms with E-state index < -0.39 is 0 Å². The van der Waals surface area contributed by atoms with Crippen LogP contribution in [0.2, 0.25) is 0 Å². The van der Waals surface area contributed by atoms with Crippen molar-refractivity contribution >= 4 is 11.6 Å². The van der Waals surface area contributed by atoms with Crippen LogP contribution in [-0.2, 0) is 16.1 Å². The molecule has 0 atom stereocenters. The molecule has 4 nitrogen and oxygen atoms in total. The number of carbonyl (C=O) groups excluding carboxylic acids is 1. The Morgan fingerprint density at radius 3 is 2.90 bits per heavy atom. The summed E-state index contributed by atoms with van der Waals surface area (Å²) >= 11 is 0. The molecule has 1 amide bonds. The molecule has 0 unspecified atom stereocenters. The topological polar surface area (TPSA) is 64.3 Å². The smallest absolute Gasteiger partial charge is 0.224 e. The van der Waals surface area contributed by atoms with Crippen molar-refractivity contribution in [1.82, 2.24) is 0 Å². The highest BCUT2D eigenvalue weighted by Gasteiger charge is 2.14. The Morgan fingerprint density at radius 1 is 1.33 bits per heavy atom. The number of benzene rings is 1. The molecule has 1 aromatic rings. The van der Waals surface area contributed by atoms with E-state index in [9.17, 15) is 4.79 Å². The summed E-state index contributed by atoms with van der Waals surface area (Å²) in [5.41, 5.74) is 7.42. The van der Waals surface area contributed by atoms with Crippen LogP contribution in [0.3, 0.4) is 0 Å². The lowest BCUT2D eigenvalue weighted by atomic mass is 10.1. The number of hydrogen-bond acceptors (Lipinski definition) is 3. The number of rotatable bonds is 8. The first-order chi connectivity index (χ1) is 10.3. The predicted molar refractivity (Wildman–Crippen MR) is 85.0 cm³/mol. The molecule has 0 radical (unpaired) electrons. The summed E-state index contributed by atoms with van der Waals surface area (Å²) in [6, 6.07) is 7.65. The average molecular weight is 290 g/mol. The first-order valence-corrected chi connectivity index (χ1v) is 7.94. The van der Waals surface area contributed by atoms with Gasteiger partial charge in [0.25, 0.3) is 0 Å². The van der Waals surface area contributed by atoms with Gasteiger partial charge < -0.3 is 15.8 Å². The fourth-order valence-electron chi connectivity index (χ4n) is 2.76. The quantitative estimate of drug-likeness (QED) is 0.723. The molecule has 21 heavy (non-hydrogen) atoms. The van der Waals surface area contributed by atoms with E-state index >= 15 is 0 Å². The van der Waals surface area contributed by atoms with Crippen LogP contribution in [0.25, 0.3) is 0 Å². The molecule has 0 spiro atoms. The third-order valence-electron chi connectivity index (χ3n) is 3.97. The molecule has 4 heteroatoms. The van der Waals surface area contributed by atoms with Crippen LogP contribution >= 0.6 is 0 Å². The van der Waals surface area contributed by atoms with Crippen LogP contribution in [0.4, 0.5) is 5.69 Å². The minimum atomic E-state index is 0.0358. The van der Waals surface area contributed by atoms with E-state index in [2.05, 4.69) is 5.32 Å². The zero-order chi connectivity index (χ0) is 14.9. The number of anilines is 1. The Balaban J connectivity index is 1.58. The molecule has 1 aliphatic rings. The summed E-state index contributed by atoms with van der Waals surface area (Å²) in [6.07, 6.45) is 6.57. The van der Waals surface area contributed by atoms with Gasteiger partial charge in [0.15, 0.2) is 0 Å². The second-order valence-corrected chi connectivity index (χ2v) is 5.78. The number of nitrogens with two attached hydrogens (primary N) is 1. The molecule has 0 heterocycles. The van der Waals surface area contributed by atoms with E-state index in [4.69, 9.17) is 10.5 Å². The number of carbonyl (C=O) groups is 1. The molecule has 1 saturated carbocycles. The molecule has 0 bridgehead atoms. The monoisotopic (exact) mass is 290 g/mol. The summed E-state index contributed by atoms with van der Waals surface area (Å²) < 4.78 is 5.66. The van der Waals surface area contributed by atoms with E-state index in [1.54, 1.807) is 0 Å². The average Bonchev–Trinajstić information content (AvgIpc) is 3.00. The predicted octanol–water partition coefficient (Wildman–Crippen LogP) is 3.07. The Hall–Kier alpha value is -1.39. The molecule has 1 aromatic carbocycles. The van der Waals surface area contributed by atoms with Crippen molar-refractivity contribution in [2.45, 2.75) is 45.1 Å². The SMILES string of the molecule is NCc1cccc(NC(=O)CCCOCC2CCCC2)c1. The molecule has 0 saturated heterocycles. The van der Waals surface area contributed by atoms with Crippen molar-refractivity contribution in [3.63, 3.8) is 0 Å². The Labute approximate surface area is 127 Å².